The highest BCUT2D eigenvalue weighted by atomic mass is 35.5. The maximum atomic E-state index is 13.6. The van der Waals surface area contributed by atoms with Crippen LogP contribution >= 0.6 is 11.6 Å². The van der Waals surface area contributed by atoms with E-state index in [1.807, 2.05) is 0 Å². The fraction of sp³-hybridized carbons (Fsp3) is 0.261. The van der Waals surface area contributed by atoms with Crippen LogP contribution in [0.3, 0.4) is 0 Å². The van der Waals surface area contributed by atoms with E-state index in [-0.39, 0.29) is 30.0 Å². The highest BCUT2D eigenvalue weighted by Gasteiger charge is 2.26. The van der Waals surface area contributed by atoms with Gasteiger partial charge in [-0.2, -0.15) is 0 Å². The Morgan fingerprint density at radius 2 is 1.69 bits per heavy atom. The summed E-state index contributed by atoms with van der Waals surface area (Å²) in [4.78, 5) is 44.7. The molecule has 0 aliphatic heterocycles. The van der Waals surface area contributed by atoms with Gasteiger partial charge >= 0.3 is 6.03 Å². The molecule has 1 atom stereocenters. The van der Waals surface area contributed by atoms with Gasteiger partial charge in [-0.15, -0.1) is 0 Å². The van der Waals surface area contributed by atoms with Crippen LogP contribution < -0.4 is 26.8 Å². The molecule has 0 spiro atoms. The van der Waals surface area contributed by atoms with Gasteiger partial charge in [0.2, 0.25) is 5.91 Å². The third-order valence-electron chi connectivity index (χ3n) is 5.12. The maximum Gasteiger partial charge on any atom is 0.314 e. The first-order valence-electron chi connectivity index (χ1n) is 10.8. The third kappa shape index (κ3) is 6.98. The number of amides is 3. The number of nitrogens with zero attached hydrogens (tertiary/aromatic N) is 3. The lowest BCUT2D eigenvalue weighted by Crippen LogP contribution is -2.35. The lowest BCUT2D eigenvalue weighted by molar-refractivity contribution is -0.121. The second-order valence-corrected chi connectivity index (χ2v) is 7.90. The number of aromatic nitrogens is 3. The molecule has 1 unspecified atom stereocenters. The van der Waals surface area contributed by atoms with Crippen molar-refractivity contribution in [3.63, 3.8) is 0 Å². The Balaban J connectivity index is 1.71. The van der Waals surface area contributed by atoms with Crippen LogP contribution in [0.2, 0.25) is 5.15 Å². The van der Waals surface area contributed by atoms with Gasteiger partial charge in [0.05, 0.1) is 11.9 Å². The molecule has 190 valence electrons. The summed E-state index contributed by atoms with van der Waals surface area (Å²) in [7, 11) is 1.50. The van der Waals surface area contributed by atoms with E-state index in [1.54, 1.807) is 36.4 Å². The van der Waals surface area contributed by atoms with Crippen LogP contribution in [0.4, 0.5) is 19.4 Å². The molecule has 0 saturated carbocycles. The van der Waals surface area contributed by atoms with Crippen molar-refractivity contribution in [3.8, 4) is 0 Å². The minimum Gasteiger partial charge on any atom is -0.352 e. The van der Waals surface area contributed by atoms with Crippen molar-refractivity contribution >= 4 is 29.4 Å². The molecular weight excluding hydrogens is 496 g/mol. The molecule has 0 fully saturated rings. The molecule has 10 nitrogen and oxygen atoms in total. The van der Waals surface area contributed by atoms with Crippen molar-refractivity contribution < 1.29 is 18.4 Å². The summed E-state index contributed by atoms with van der Waals surface area (Å²) < 4.78 is 28.2. The van der Waals surface area contributed by atoms with Crippen molar-refractivity contribution in [2.45, 2.75) is 32.1 Å². The number of halogens is 3. The van der Waals surface area contributed by atoms with E-state index in [0.717, 1.165) is 21.9 Å². The number of carbonyl (C=O) groups is 2. The Labute approximate surface area is 210 Å². The highest BCUT2D eigenvalue weighted by molar-refractivity contribution is 6.29. The standard InChI is InChI=1S/C23H24ClF2N7O3/c1-27-23(36)31-11-15-7-3-2-6-14(15)10-29-18(34)13-33-17(24)12-30-21(22(33)35)32-19(20(25)26)16-8-4-5-9-28-16/h2-9,12,19-20H,10-11,13H2,1H3,(H,29,34)(H,30,32)(H2,27,31,36). The first-order valence-corrected chi connectivity index (χ1v) is 11.2. The van der Waals surface area contributed by atoms with Crippen LogP contribution in [0.15, 0.2) is 59.7 Å². The van der Waals surface area contributed by atoms with Crippen molar-refractivity contribution in [2.24, 2.45) is 0 Å². The van der Waals surface area contributed by atoms with Crippen LogP contribution in [-0.2, 0) is 24.4 Å². The van der Waals surface area contributed by atoms with Crippen LogP contribution in [-0.4, -0.2) is 39.9 Å². The number of nitrogens with one attached hydrogen (secondary N) is 4. The molecule has 0 aliphatic rings. The number of benzene rings is 1. The zero-order valence-electron chi connectivity index (χ0n) is 19.2. The molecule has 36 heavy (non-hydrogen) atoms. The molecule has 0 bridgehead atoms. The second kappa shape index (κ2) is 12.6. The lowest BCUT2D eigenvalue weighted by atomic mass is 10.1. The summed E-state index contributed by atoms with van der Waals surface area (Å²) in [5.74, 6) is -0.936. The van der Waals surface area contributed by atoms with E-state index < -0.39 is 36.3 Å². The normalized spacial score (nSPS) is 11.6. The summed E-state index contributed by atoms with van der Waals surface area (Å²) in [5.41, 5.74) is 0.736. The van der Waals surface area contributed by atoms with Crippen LogP contribution in [0.1, 0.15) is 22.9 Å². The van der Waals surface area contributed by atoms with Gasteiger partial charge in [0.15, 0.2) is 5.82 Å². The average Bonchev–Trinajstić information content (AvgIpc) is 2.88. The number of carbonyl (C=O) groups excluding carboxylic acids is 2. The first kappa shape index (κ1) is 26.5. The van der Waals surface area contributed by atoms with Gasteiger partial charge in [-0.3, -0.25) is 19.1 Å². The quantitative estimate of drug-likeness (QED) is 0.325. The number of hydrogen-bond acceptors (Lipinski definition) is 6. The summed E-state index contributed by atoms with van der Waals surface area (Å²) in [5, 5.41) is 10.1. The second-order valence-electron chi connectivity index (χ2n) is 7.51. The highest BCUT2D eigenvalue weighted by Crippen LogP contribution is 2.22. The fourth-order valence-electron chi connectivity index (χ4n) is 3.25. The molecule has 0 aliphatic carbocycles. The van der Waals surface area contributed by atoms with E-state index in [4.69, 9.17) is 11.6 Å². The number of anilines is 1. The average molecular weight is 520 g/mol. The Kier molecular flexibility index (Phi) is 9.28. The monoisotopic (exact) mass is 519 g/mol. The van der Waals surface area contributed by atoms with E-state index >= 15 is 0 Å². The van der Waals surface area contributed by atoms with Crippen LogP contribution in [0, 0.1) is 0 Å². The molecule has 4 N–H and O–H groups in total. The van der Waals surface area contributed by atoms with Crippen LogP contribution in [0.5, 0.6) is 0 Å². The molecule has 3 aromatic rings. The van der Waals surface area contributed by atoms with Gasteiger partial charge in [-0.05, 0) is 23.3 Å². The van der Waals surface area contributed by atoms with E-state index in [1.165, 1.54) is 19.3 Å². The number of alkyl halides is 2. The smallest absolute Gasteiger partial charge is 0.314 e. The minimum absolute atomic E-state index is 0.0255. The van der Waals surface area contributed by atoms with Crippen molar-refractivity contribution in [2.75, 3.05) is 12.4 Å². The van der Waals surface area contributed by atoms with Gasteiger partial charge in [-0.1, -0.05) is 41.9 Å². The van der Waals surface area contributed by atoms with Crippen LogP contribution in [0.25, 0.3) is 0 Å². The topological polar surface area (TPSA) is 130 Å². The first-order chi connectivity index (χ1) is 17.3. The molecular formula is C23H24ClF2N7O3. The zero-order chi connectivity index (χ0) is 26.1. The fourth-order valence-corrected chi connectivity index (χ4v) is 3.43. The number of hydrogen-bond donors (Lipinski definition) is 4. The SMILES string of the molecule is CNC(=O)NCc1ccccc1CNC(=O)Cn1c(Cl)cnc(NC(c2ccccn2)C(F)F)c1=O. The molecule has 0 radical (unpaired) electrons. The summed E-state index contributed by atoms with van der Waals surface area (Å²) in [6, 6.07) is 9.77. The maximum absolute atomic E-state index is 13.6. The molecule has 3 amide bonds. The van der Waals surface area contributed by atoms with Gasteiger partial charge in [-0.25, -0.2) is 18.6 Å². The Morgan fingerprint density at radius 1 is 1.03 bits per heavy atom. The van der Waals surface area contributed by atoms with Gasteiger partial charge in [0.25, 0.3) is 12.0 Å². The minimum atomic E-state index is -2.88. The predicted octanol–water partition coefficient (Wildman–Crippen LogP) is 2.46. The largest absolute Gasteiger partial charge is 0.352 e. The van der Waals surface area contributed by atoms with Gasteiger partial charge in [0.1, 0.15) is 17.7 Å². The van der Waals surface area contributed by atoms with Crippen molar-refractivity contribution in [1.29, 1.82) is 0 Å². The Bertz CT molecular complexity index is 1260. The van der Waals surface area contributed by atoms with Crippen molar-refractivity contribution in [1.82, 2.24) is 30.5 Å². The van der Waals surface area contributed by atoms with Gasteiger partial charge in [0, 0.05) is 26.3 Å². The molecule has 3 rings (SSSR count). The summed E-state index contributed by atoms with van der Waals surface area (Å²) in [6.45, 7) is -0.0887. The number of pyridine rings is 1. The number of urea groups is 1. The summed E-state index contributed by atoms with van der Waals surface area (Å²) in [6.07, 6.45) is -0.428. The van der Waals surface area contributed by atoms with Gasteiger partial charge < -0.3 is 21.3 Å². The molecule has 2 heterocycles. The summed E-state index contributed by atoms with van der Waals surface area (Å²) >= 11 is 6.07. The molecule has 13 heteroatoms. The lowest BCUT2D eigenvalue weighted by Gasteiger charge is -2.18. The van der Waals surface area contributed by atoms with E-state index in [9.17, 15) is 23.2 Å². The Morgan fingerprint density at radius 3 is 2.31 bits per heavy atom. The van der Waals surface area contributed by atoms with E-state index in [2.05, 4.69) is 31.2 Å². The molecule has 1 aromatic carbocycles. The zero-order valence-corrected chi connectivity index (χ0v) is 19.9. The molecule has 0 saturated heterocycles. The number of rotatable bonds is 10. The third-order valence-corrected chi connectivity index (χ3v) is 5.42. The van der Waals surface area contributed by atoms with Crippen molar-refractivity contribution in [3.05, 3.63) is 87.2 Å². The van der Waals surface area contributed by atoms with E-state index in [0.29, 0.717) is 0 Å². The Hall–Kier alpha value is -4.06. The predicted molar refractivity (Wildman–Crippen MR) is 130 cm³/mol. The molecule has 2 aromatic heterocycles.